The van der Waals surface area contributed by atoms with Crippen molar-refractivity contribution in [2.24, 2.45) is 5.92 Å². The lowest BCUT2D eigenvalue weighted by molar-refractivity contribution is -0.142. The highest BCUT2D eigenvalue weighted by atomic mass is 16.6. The largest absolute Gasteiger partial charge is 0.444 e. The van der Waals surface area contributed by atoms with Crippen LogP contribution in [0.3, 0.4) is 0 Å². The molecule has 0 fully saturated rings. The van der Waals surface area contributed by atoms with E-state index in [2.05, 4.69) is 17.6 Å². The number of hydrogen-bond donors (Lipinski definition) is 2. The van der Waals surface area contributed by atoms with Crippen molar-refractivity contribution in [1.29, 1.82) is 0 Å². The molecule has 2 aromatic rings. The van der Waals surface area contributed by atoms with Gasteiger partial charge in [-0.3, -0.25) is 9.59 Å². The average Bonchev–Trinajstić information content (AvgIpc) is 2.89. The van der Waals surface area contributed by atoms with Gasteiger partial charge >= 0.3 is 6.09 Å². The van der Waals surface area contributed by atoms with Crippen molar-refractivity contribution in [3.05, 3.63) is 65.2 Å². The van der Waals surface area contributed by atoms with Crippen molar-refractivity contribution in [3.63, 3.8) is 0 Å². The van der Waals surface area contributed by atoms with E-state index in [1.807, 2.05) is 76.2 Å². The number of alkyl carbamates (subject to hydrolysis) is 1. The number of carbonyl (C=O) groups excluding carboxylic acids is 3. The first-order valence-electron chi connectivity index (χ1n) is 14.6. The molecule has 0 saturated carbocycles. The van der Waals surface area contributed by atoms with E-state index in [4.69, 9.17) is 4.74 Å². The first-order valence-corrected chi connectivity index (χ1v) is 14.6. The van der Waals surface area contributed by atoms with Gasteiger partial charge in [0.1, 0.15) is 17.7 Å². The van der Waals surface area contributed by atoms with Crippen LogP contribution in [0.15, 0.2) is 48.5 Å². The fourth-order valence-corrected chi connectivity index (χ4v) is 4.51. The van der Waals surface area contributed by atoms with Crippen molar-refractivity contribution in [2.75, 3.05) is 11.9 Å². The maximum absolute atomic E-state index is 14.4. The van der Waals surface area contributed by atoms with Crippen LogP contribution in [0.25, 0.3) is 0 Å². The summed E-state index contributed by atoms with van der Waals surface area (Å²) in [7, 11) is 0. The molecular weight excluding hydrogens is 502 g/mol. The van der Waals surface area contributed by atoms with Crippen molar-refractivity contribution in [3.8, 4) is 0 Å². The van der Waals surface area contributed by atoms with E-state index < -0.39 is 23.8 Å². The molecular formula is C33H49N3O4. The molecule has 0 aliphatic heterocycles. The van der Waals surface area contributed by atoms with Crippen LogP contribution in [0.2, 0.25) is 0 Å². The molecule has 2 N–H and O–H groups in total. The van der Waals surface area contributed by atoms with Gasteiger partial charge in [-0.15, -0.1) is 0 Å². The molecule has 0 radical (unpaired) electrons. The maximum atomic E-state index is 14.4. The molecule has 40 heavy (non-hydrogen) atoms. The number of rotatable bonds is 13. The Morgan fingerprint density at radius 1 is 0.925 bits per heavy atom. The van der Waals surface area contributed by atoms with Gasteiger partial charge in [0.15, 0.2) is 0 Å². The maximum Gasteiger partial charge on any atom is 0.408 e. The zero-order valence-corrected chi connectivity index (χ0v) is 25.7. The van der Waals surface area contributed by atoms with Gasteiger partial charge < -0.3 is 20.3 Å². The molecule has 0 aliphatic rings. The van der Waals surface area contributed by atoms with Crippen LogP contribution in [-0.4, -0.2) is 41.0 Å². The normalized spacial score (nSPS) is 13.6. The third-order valence-corrected chi connectivity index (χ3v) is 7.04. The number of amides is 3. The summed E-state index contributed by atoms with van der Waals surface area (Å²) >= 11 is 0. The monoisotopic (exact) mass is 551 g/mol. The van der Waals surface area contributed by atoms with Gasteiger partial charge in [0, 0.05) is 12.2 Å². The van der Waals surface area contributed by atoms with E-state index in [1.165, 1.54) is 0 Å². The number of nitrogens with one attached hydrogen (secondary N) is 2. The Kier molecular flexibility index (Phi) is 12.7. The molecule has 220 valence electrons. The van der Waals surface area contributed by atoms with E-state index in [1.54, 1.807) is 25.7 Å². The van der Waals surface area contributed by atoms with Gasteiger partial charge in [0.2, 0.25) is 5.91 Å². The molecule has 2 aromatic carbocycles. The second-order valence-corrected chi connectivity index (χ2v) is 11.7. The third kappa shape index (κ3) is 10.00. The Labute approximate surface area is 241 Å². The lowest BCUT2D eigenvalue weighted by atomic mass is 9.95. The van der Waals surface area contributed by atoms with E-state index in [0.29, 0.717) is 18.7 Å². The molecule has 2 rings (SSSR count). The van der Waals surface area contributed by atoms with Gasteiger partial charge in [-0.25, -0.2) is 4.79 Å². The Balaban J connectivity index is 2.55. The lowest BCUT2D eigenvalue weighted by Crippen LogP contribution is -2.55. The number of para-hydroxylation sites is 1. The Bertz CT molecular complexity index is 1110. The van der Waals surface area contributed by atoms with Crippen LogP contribution < -0.4 is 10.6 Å². The minimum absolute atomic E-state index is 0.170. The van der Waals surface area contributed by atoms with Crippen molar-refractivity contribution in [2.45, 2.75) is 105 Å². The summed E-state index contributed by atoms with van der Waals surface area (Å²) in [5.41, 5.74) is 2.72. The quantitative estimate of drug-likeness (QED) is 0.255. The average molecular weight is 552 g/mol. The third-order valence-electron chi connectivity index (χ3n) is 7.04. The van der Waals surface area contributed by atoms with Crippen LogP contribution in [0.4, 0.5) is 10.5 Å². The molecule has 0 heterocycles. The number of ether oxygens (including phenoxy) is 1. The fraction of sp³-hybridized carbons (Fsp3) is 0.545. The number of carbonyl (C=O) groups is 3. The molecule has 0 spiro atoms. The van der Waals surface area contributed by atoms with Gasteiger partial charge in [0.05, 0.1) is 0 Å². The number of hydrogen-bond acceptors (Lipinski definition) is 4. The minimum Gasteiger partial charge on any atom is -0.444 e. The Hall–Kier alpha value is -3.35. The van der Waals surface area contributed by atoms with Crippen molar-refractivity contribution >= 4 is 23.6 Å². The zero-order chi connectivity index (χ0) is 29.9. The minimum atomic E-state index is -0.874. The second-order valence-electron chi connectivity index (χ2n) is 11.7. The van der Waals surface area contributed by atoms with Crippen LogP contribution >= 0.6 is 0 Å². The topological polar surface area (TPSA) is 87.7 Å². The Morgan fingerprint density at radius 2 is 1.57 bits per heavy atom. The van der Waals surface area contributed by atoms with E-state index in [-0.39, 0.29) is 17.7 Å². The molecule has 0 aromatic heterocycles. The molecule has 0 bridgehead atoms. The highest BCUT2D eigenvalue weighted by Crippen LogP contribution is 2.28. The molecule has 7 nitrogen and oxygen atoms in total. The molecule has 0 saturated heterocycles. The predicted octanol–water partition coefficient (Wildman–Crippen LogP) is 7.33. The first kappa shape index (κ1) is 32.9. The van der Waals surface area contributed by atoms with Crippen LogP contribution in [0.1, 0.15) is 96.4 Å². The van der Waals surface area contributed by atoms with Gasteiger partial charge in [-0.2, -0.15) is 0 Å². The molecule has 3 atom stereocenters. The number of aryl methyl sites for hydroxylation is 2. The van der Waals surface area contributed by atoms with Gasteiger partial charge in [-0.05, 0) is 64.2 Å². The number of nitrogens with zero attached hydrogens (tertiary/aromatic N) is 1. The predicted molar refractivity (Wildman–Crippen MR) is 162 cm³/mol. The summed E-state index contributed by atoms with van der Waals surface area (Å²) in [6.45, 7) is 15.7. The summed E-state index contributed by atoms with van der Waals surface area (Å²) in [6, 6.07) is 13.6. The summed E-state index contributed by atoms with van der Waals surface area (Å²) < 4.78 is 5.50. The summed E-state index contributed by atoms with van der Waals surface area (Å²) in [5, 5.41) is 5.90. The van der Waals surface area contributed by atoms with Crippen LogP contribution in [-0.2, 0) is 14.3 Å². The highest BCUT2D eigenvalue weighted by Gasteiger charge is 2.38. The molecule has 3 unspecified atom stereocenters. The SMILES string of the molecule is CCCCCCN(C(=O)C(NC(=O)OC(C)(C)C)C(C)CC)C(C(=O)Nc1ccccc1C)c1ccc(C)cc1. The number of anilines is 1. The summed E-state index contributed by atoms with van der Waals surface area (Å²) in [4.78, 5) is 42.9. The summed E-state index contributed by atoms with van der Waals surface area (Å²) in [6.07, 6.45) is 3.80. The lowest BCUT2D eigenvalue weighted by Gasteiger charge is -2.36. The standard InChI is InChI=1S/C33H49N3O4/c1-9-11-12-15-22-36(31(38)28(24(4)10-2)35-32(39)40-33(6,7)8)29(26-20-18-23(3)19-21-26)30(37)34-27-17-14-13-16-25(27)5/h13-14,16-21,24,28-29H,9-12,15,22H2,1-8H3,(H,34,37)(H,35,39). The van der Waals surface area contributed by atoms with E-state index in [0.717, 1.165) is 42.4 Å². The zero-order valence-electron chi connectivity index (χ0n) is 25.7. The first-order chi connectivity index (χ1) is 18.9. The second kappa shape index (κ2) is 15.4. The Morgan fingerprint density at radius 3 is 2.15 bits per heavy atom. The van der Waals surface area contributed by atoms with Gasteiger partial charge in [0.25, 0.3) is 5.91 Å². The smallest absolute Gasteiger partial charge is 0.408 e. The van der Waals surface area contributed by atoms with E-state index >= 15 is 0 Å². The van der Waals surface area contributed by atoms with Crippen LogP contribution in [0, 0.1) is 19.8 Å². The number of unbranched alkanes of at least 4 members (excludes halogenated alkanes) is 3. The molecule has 0 aliphatic carbocycles. The van der Waals surface area contributed by atoms with Crippen molar-refractivity contribution in [1.82, 2.24) is 10.2 Å². The fourth-order valence-electron chi connectivity index (χ4n) is 4.51. The molecule has 3 amide bonds. The van der Waals surface area contributed by atoms with E-state index in [9.17, 15) is 14.4 Å². The highest BCUT2D eigenvalue weighted by molar-refractivity contribution is 5.99. The summed E-state index contributed by atoms with van der Waals surface area (Å²) in [5.74, 6) is -0.749. The number of benzene rings is 2. The van der Waals surface area contributed by atoms with Gasteiger partial charge in [-0.1, -0.05) is 94.5 Å². The molecule has 7 heteroatoms. The van der Waals surface area contributed by atoms with Crippen LogP contribution in [0.5, 0.6) is 0 Å². The van der Waals surface area contributed by atoms with Crippen molar-refractivity contribution < 1.29 is 19.1 Å².